The van der Waals surface area contributed by atoms with Crippen LogP contribution in [0.1, 0.15) is 38.4 Å². The minimum absolute atomic E-state index is 0.333. The molecule has 90 valence electrons. The Hall–Kier alpha value is -0.940. The second-order valence-electron chi connectivity index (χ2n) is 4.79. The predicted octanol–water partition coefficient (Wildman–Crippen LogP) is 0.987. The highest BCUT2D eigenvalue weighted by atomic mass is 16.5. The summed E-state index contributed by atoms with van der Waals surface area (Å²) in [6.07, 6.45) is 0. The van der Waals surface area contributed by atoms with E-state index >= 15 is 0 Å². The molecule has 1 aliphatic rings. The normalized spacial score (nSPS) is 22.9. The molecule has 1 saturated heterocycles. The van der Waals surface area contributed by atoms with Gasteiger partial charge in [-0.3, -0.25) is 4.90 Å². The second kappa shape index (κ2) is 4.93. The molecule has 0 unspecified atom stereocenters. The van der Waals surface area contributed by atoms with Crippen LogP contribution in [0.2, 0.25) is 0 Å². The molecule has 0 amide bonds. The van der Waals surface area contributed by atoms with Crippen LogP contribution < -0.4 is 5.32 Å². The summed E-state index contributed by atoms with van der Waals surface area (Å²) in [6.45, 7) is 10.2. The lowest BCUT2D eigenvalue weighted by Gasteiger charge is -2.30. The van der Waals surface area contributed by atoms with Crippen LogP contribution in [-0.2, 0) is 6.54 Å². The van der Waals surface area contributed by atoms with Crippen molar-refractivity contribution in [2.45, 2.75) is 39.3 Å². The monoisotopic (exact) mass is 224 g/mol. The first-order chi connectivity index (χ1) is 7.65. The first-order valence-electron chi connectivity index (χ1n) is 5.93. The van der Waals surface area contributed by atoms with Gasteiger partial charge in [0.25, 0.3) is 0 Å². The Balaban J connectivity index is 1.92. The van der Waals surface area contributed by atoms with Crippen molar-refractivity contribution in [2.24, 2.45) is 0 Å². The van der Waals surface area contributed by atoms with Crippen molar-refractivity contribution in [2.75, 3.05) is 19.6 Å². The number of hydrogen-bond acceptors (Lipinski definition) is 5. The summed E-state index contributed by atoms with van der Waals surface area (Å²) >= 11 is 0. The molecule has 1 fully saturated rings. The summed E-state index contributed by atoms with van der Waals surface area (Å²) in [6, 6.07) is 0.543. The zero-order chi connectivity index (χ0) is 11.5. The molecule has 0 spiro atoms. The Kier molecular flexibility index (Phi) is 3.56. The number of piperazine rings is 1. The minimum Gasteiger partial charge on any atom is -0.338 e. The molecular formula is C11H20N4O. The van der Waals surface area contributed by atoms with Crippen molar-refractivity contribution in [1.82, 2.24) is 20.4 Å². The van der Waals surface area contributed by atoms with Crippen LogP contribution in [0, 0.1) is 0 Å². The molecule has 5 nitrogen and oxygen atoms in total. The lowest BCUT2D eigenvalue weighted by Crippen LogP contribution is -2.48. The van der Waals surface area contributed by atoms with E-state index in [-0.39, 0.29) is 0 Å². The number of nitrogens with zero attached hydrogens (tertiary/aromatic N) is 3. The van der Waals surface area contributed by atoms with Crippen molar-refractivity contribution >= 4 is 0 Å². The van der Waals surface area contributed by atoms with E-state index in [9.17, 15) is 0 Å². The predicted molar refractivity (Wildman–Crippen MR) is 61.1 cm³/mol. The summed E-state index contributed by atoms with van der Waals surface area (Å²) in [5.41, 5.74) is 0. The Morgan fingerprint density at radius 2 is 2.38 bits per heavy atom. The highest BCUT2D eigenvalue weighted by Gasteiger charge is 2.18. The first kappa shape index (κ1) is 11.5. The van der Waals surface area contributed by atoms with Crippen molar-refractivity contribution < 1.29 is 4.52 Å². The van der Waals surface area contributed by atoms with Gasteiger partial charge in [-0.1, -0.05) is 19.0 Å². The molecule has 2 heterocycles. The molecule has 0 saturated carbocycles. The van der Waals surface area contributed by atoms with Gasteiger partial charge < -0.3 is 9.84 Å². The lowest BCUT2D eigenvalue weighted by atomic mass is 10.2. The Morgan fingerprint density at radius 1 is 1.56 bits per heavy atom. The summed E-state index contributed by atoms with van der Waals surface area (Å²) in [5, 5.41) is 7.38. The largest absolute Gasteiger partial charge is 0.338 e. The lowest BCUT2D eigenvalue weighted by molar-refractivity contribution is 0.177. The molecule has 1 aromatic heterocycles. The van der Waals surface area contributed by atoms with Crippen LogP contribution in [0.15, 0.2) is 4.52 Å². The fourth-order valence-electron chi connectivity index (χ4n) is 1.91. The van der Waals surface area contributed by atoms with Crippen LogP contribution in [0.3, 0.4) is 0 Å². The van der Waals surface area contributed by atoms with Crippen molar-refractivity contribution in [1.29, 1.82) is 0 Å². The second-order valence-corrected chi connectivity index (χ2v) is 4.79. The Bertz CT molecular complexity index is 336. The van der Waals surface area contributed by atoms with Gasteiger partial charge >= 0.3 is 0 Å². The third-order valence-electron chi connectivity index (χ3n) is 2.81. The molecule has 1 atom stereocenters. The SMILES string of the molecule is CC(C)c1noc(CN2CCN[C@@H](C)C2)n1. The van der Waals surface area contributed by atoms with Gasteiger partial charge in [0.05, 0.1) is 6.54 Å². The van der Waals surface area contributed by atoms with Crippen LogP contribution in [0.4, 0.5) is 0 Å². The number of rotatable bonds is 3. The quantitative estimate of drug-likeness (QED) is 0.829. The van der Waals surface area contributed by atoms with Gasteiger partial charge in [-0.25, -0.2) is 0 Å². The molecule has 0 bridgehead atoms. The molecular weight excluding hydrogens is 204 g/mol. The van der Waals surface area contributed by atoms with E-state index in [4.69, 9.17) is 4.52 Å². The molecule has 1 aromatic rings. The first-order valence-corrected chi connectivity index (χ1v) is 5.93. The fourth-order valence-corrected chi connectivity index (χ4v) is 1.91. The summed E-state index contributed by atoms with van der Waals surface area (Å²) in [5.74, 6) is 1.87. The van der Waals surface area contributed by atoms with E-state index < -0.39 is 0 Å². The summed E-state index contributed by atoms with van der Waals surface area (Å²) < 4.78 is 5.24. The number of aromatic nitrogens is 2. The summed E-state index contributed by atoms with van der Waals surface area (Å²) in [4.78, 5) is 6.74. The molecule has 0 aromatic carbocycles. The maximum absolute atomic E-state index is 5.24. The van der Waals surface area contributed by atoms with E-state index in [1.54, 1.807) is 0 Å². The van der Waals surface area contributed by atoms with Gasteiger partial charge in [0, 0.05) is 31.6 Å². The zero-order valence-electron chi connectivity index (χ0n) is 10.2. The molecule has 16 heavy (non-hydrogen) atoms. The van der Waals surface area contributed by atoms with E-state index in [0.717, 1.165) is 37.9 Å². The third kappa shape index (κ3) is 2.80. The maximum Gasteiger partial charge on any atom is 0.240 e. The molecule has 1 N–H and O–H groups in total. The van der Waals surface area contributed by atoms with E-state index in [0.29, 0.717) is 12.0 Å². The topological polar surface area (TPSA) is 54.2 Å². The average Bonchev–Trinajstić information content (AvgIpc) is 2.66. The van der Waals surface area contributed by atoms with Gasteiger partial charge in [-0.15, -0.1) is 0 Å². The van der Waals surface area contributed by atoms with Crippen LogP contribution in [-0.4, -0.2) is 40.7 Å². The van der Waals surface area contributed by atoms with E-state index in [1.165, 1.54) is 0 Å². The van der Waals surface area contributed by atoms with Gasteiger partial charge in [0.15, 0.2) is 5.82 Å². The summed E-state index contributed by atoms with van der Waals surface area (Å²) in [7, 11) is 0. The van der Waals surface area contributed by atoms with Gasteiger partial charge in [-0.2, -0.15) is 4.98 Å². The Labute approximate surface area is 96.2 Å². The minimum atomic E-state index is 0.333. The van der Waals surface area contributed by atoms with E-state index in [1.807, 2.05) is 0 Å². The van der Waals surface area contributed by atoms with Gasteiger partial charge in [0.1, 0.15) is 0 Å². The fraction of sp³-hybridized carbons (Fsp3) is 0.818. The molecule has 0 aliphatic carbocycles. The highest BCUT2D eigenvalue weighted by molar-refractivity contribution is 4.92. The maximum atomic E-state index is 5.24. The van der Waals surface area contributed by atoms with Crippen LogP contribution in [0.25, 0.3) is 0 Å². The number of hydrogen-bond donors (Lipinski definition) is 1. The smallest absolute Gasteiger partial charge is 0.240 e. The van der Waals surface area contributed by atoms with Crippen molar-refractivity contribution in [3.8, 4) is 0 Å². The van der Waals surface area contributed by atoms with Crippen LogP contribution >= 0.6 is 0 Å². The standard InChI is InChI=1S/C11H20N4O/c1-8(2)11-13-10(16-14-11)7-15-5-4-12-9(3)6-15/h8-9,12H,4-7H2,1-3H3/t9-/m0/s1. The highest BCUT2D eigenvalue weighted by Crippen LogP contribution is 2.11. The van der Waals surface area contributed by atoms with Crippen molar-refractivity contribution in [3.05, 3.63) is 11.7 Å². The average molecular weight is 224 g/mol. The third-order valence-corrected chi connectivity index (χ3v) is 2.81. The molecule has 0 radical (unpaired) electrons. The van der Waals surface area contributed by atoms with Gasteiger partial charge in [-0.05, 0) is 6.92 Å². The molecule has 2 rings (SSSR count). The zero-order valence-corrected chi connectivity index (χ0v) is 10.2. The van der Waals surface area contributed by atoms with Crippen LogP contribution in [0.5, 0.6) is 0 Å². The van der Waals surface area contributed by atoms with E-state index in [2.05, 4.69) is 41.1 Å². The molecule has 1 aliphatic heterocycles. The Morgan fingerprint density at radius 3 is 3.00 bits per heavy atom. The van der Waals surface area contributed by atoms with Crippen molar-refractivity contribution in [3.63, 3.8) is 0 Å². The van der Waals surface area contributed by atoms with Gasteiger partial charge in [0.2, 0.25) is 5.89 Å². The molecule has 5 heteroatoms. The number of nitrogens with one attached hydrogen (secondary N) is 1.